The van der Waals surface area contributed by atoms with E-state index in [4.69, 9.17) is 11.6 Å². The average molecular weight is 301 g/mol. The molecule has 100 valence electrons. The van der Waals surface area contributed by atoms with Crippen LogP contribution < -0.4 is 5.32 Å². The lowest BCUT2D eigenvalue weighted by Crippen LogP contribution is -2.22. The molecule has 0 aliphatic rings. The molecule has 0 spiro atoms. The SMILES string of the molecule is CC(Sc1ncn[nH]1)C(=O)Nc1ccc(F)c(Cl)c1. The van der Waals surface area contributed by atoms with E-state index in [1.54, 1.807) is 6.92 Å². The zero-order chi connectivity index (χ0) is 13.8. The molecule has 1 amide bonds. The predicted molar refractivity (Wildman–Crippen MR) is 71.7 cm³/mol. The number of aromatic nitrogens is 3. The Morgan fingerprint density at radius 3 is 3.00 bits per heavy atom. The number of anilines is 1. The van der Waals surface area contributed by atoms with Crippen molar-refractivity contribution in [2.45, 2.75) is 17.3 Å². The summed E-state index contributed by atoms with van der Waals surface area (Å²) < 4.78 is 13.0. The molecule has 1 aromatic carbocycles. The number of amides is 1. The Morgan fingerprint density at radius 1 is 1.58 bits per heavy atom. The van der Waals surface area contributed by atoms with Gasteiger partial charge in [-0.25, -0.2) is 9.37 Å². The molecule has 1 aromatic heterocycles. The second kappa shape index (κ2) is 6.03. The van der Waals surface area contributed by atoms with Crippen molar-refractivity contribution < 1.29 is 9.18 Å². The minimum absolute atomic E-state index is 0.0339. The average Bonchev–Trinajstić information content (AvgIpc) is 2.86. The normalized spacial score (nSPS) is 12.2. The van der Waals surface area contributed by atoms with Crippen molar-refractivity contribution in [2.75, 3.05) is 5.32 Å². The second-order valence-corrected chi connectivity index (χ2v) is 5.41. The van der Waals surface area contributed by atoms with Crippen LogP contribution in [0.5, 0.6) is 0 Å². The van der Waals surface area contributed by atoms with Gasteiger partial charge in [0.25, 0.3) is 0 Å². The third-order valence-corrected chi connectivity index (χ3v) is 3.51. The van der Waals surface area contributed by atoms with Crippen LogP contribution in [0.4, 0.5) is 10.1 Å². The van der Waals surface area contributed by atoms with Gasteiger partial charge in [-0.3, -0.25) is 9.89 Å². The smallest absolute Gasteiger partial charge is 0.237 e. The van der Waals surface area contributed by atoms with Crippen LogP contribution in [0.3, 0.4) is 0 Å². The van der Waals surface area contributed by atoms with Gasteiger partial charge < -0.3 is 5.32 Å². The molecular formula is C11H10ClFN4OS. The minimum Gasteiger partial charge on any atom is -0.325 e. The molecule has 2 aromatic rings. The second-order valence-electron chi connectivity index (χ2n) is 3.67. The number of H-pyrrole nitrogens is 1. The van der Waals surface area contributed by atoms with Crippen molar-refractivity contribution in [3.05, 3.63) is 35.4 Å². The summed E-state index contributed by atoms with van der Waals surface area (Å²) >= 11 is 6.87. The van der Waals surface area contributed by atoms with Gasteiger partial charge in [-0.2, -0.15) is 5.10 Å². The fourth-order valence-corrected chi connectivity index (χ4v) is 2.18. The molecule has 0 aliphatic heterocycles. The molecule has 8 heteroatoms. The molecule has 2 rings (SSSR count). The van der Waals surface area contributed by atoms with E-state index in [2.05, 4.69) is 20.5 Å². The van der Waals surface area contributed by atoms with Crippen LogP contribution >= 0.6 is 23.4 Å². The molecule has 1 atom stereocenters. The molecule has 1 unspecified atom stereocenters. The molecule has 0 aliphatic carbocycles. The highest BCUT2D eigenvalue weighted by Gasteiger charge is 2.16. The summed E-state index contributed by atoms with van der Waals surface area (Å²) in [4.78, 5) is 15.8. The van der Waals surface area contributed by atoms with Gasteiger partial charge in [-0.1, -0.05) is 23.4 Å². The number of nitrogens with zero attached hydrogens (tertiary/aromatic N) is 2. The molecule has 19 heavy (non-hydrogen) atoms. The molecule has 5 nitrogen and oxygen atoms in total. The largest absolute Gasteiger partial charge is 0.325 e. The summed E-state index contributed by atoms with van der Waals surface area (Å²) in [5.74, 6) is -0.757. The van der Waals surface area contributed by atoms with Gasteiger partial charge in [-0.05, 0) is 25.1 Å². The number of halogens is 2. The van der Waals surface area contributed by atoms with E-state index < -0.39 is 5.82 Å². The van der Waals surface area contributed by atoms with Gasteiger partial charge in [0.05, 0.1) is 10.3 Å². The van der Waals surface area contributed by atoms with Crippen molar-refractivity contribution in [3.63, 3.8) is 0 Å². The van der Waals surface area contributed by atoms with Crippen molar-refractivity contribution >= 4 is 35.0 Å². The molecule has 0 saturated carbocycles. The van der Waals surface area contributed by atoms with Crippen molar-refractivity contribution in [1.82, 2.24) is 15.2 Å². The first kappa shape index (κ1) is 13.8. The van der Waals surface area contributed by atoms with Gasteiger partial charge in [0.2, 0.25) is 5.91 Å². The zero-order valence-corrected chi connectivity index (χ0v) is 11.4. The topological polar surface area (TPSA) is 70.7 Å². The van der Waals surface area contributed by atoms with E-state index in [0.29, 0.717) is 10.8 Å². The number of hydrogen-bond acceptors (Lipinski definition) is 4. The van der Waals surface area contributed by atoms with Gasteiger partial charge in [0.1, 0.15) is 12.1 Å². The van der Waals surface area contributed by atoms with Gasteiger partial charge in [0.15, 0.2) is 5.16 Å². The number of hydrogen-bond donors (Lipinski definition) is 2. The Kier molecular flexibility index (Phi) is 4.39. The first-order valence-electron chi connectivity index (χ1n) is 5.34. The molecule has 0 bridgehead atoms. The fraction of sp³-hybridized carbons (Fsp3) is 0.182. The van der Waals surface area contributed by atoms with E-state index in [-0.39, 0.29) is 16.2 Å². The fourth-order valence-electron chi connectivity index (χ4n) is 1.29. The molecular weight excluding hydrogens is 291 g/mol. The lowest BCUT2D eigenvalue weighted by Gasteiger charge is -2.10. The van der Waals surface area contributed by atoms with Gasteiger partial charge in [-0.15, -0.1) is 0 Å². The van der Waals surface area contributed by atoms with E-state index in [1.165, 1.54) is 36.3 Å². The first-order valence-corrected chi connectivity index (χ1v) is 6.60. The van der Waals surface area contributed by atoms with Crippen LogP contribution in [-0.4, -0.2) is 26.3 Å². The van der Waals surface area contributed by atoms with Crippen LogP contribution in [0, 0.1) is 5.82 Å². The molecule has 2 N–H and O–H groups in total. The highest BCUT2D eigenvalue weighted by atomic mass is 35.5. The third kappa shape index (κ3) is 3.68. The van der Waals surface area contributed by atoms with Crippen LogP contribution in [0.2, 0.25) is 5.02 Å². The number of carbonyl (C=O) groups is 1. The number of rotatable bonds is 4. The molecule has 0 radical (unpaired) electrons. The quantitative estimate of drug-likeness (QED) is 0.852. The summed E-state index contributed by atoms with van der Waals surface area (Å²) in [6, 6.07) is 4.01. The van der Waals surface area contributed by atoms with E-state index in [9.17, 15) is 9.18 Å². The van der Waals surface area contributed by atoms with E-state index in [0.717, 1.165) is 0 Å². The Morgan fingerprint density at radius 2 is 2.37 bits per heavy atom. The van der Waals surface area contributed by atoms with Crippen LogP contribution in [-0.2, 0) is 4.79 Å². The first-order chi connectivity index (χ1) is 9.06. The number of carbonyl (C=O) groups excluding carboxylic acids is 1. The van der Waals surface area contributed by atoms with Crippen molar-refractivity contribution in [3.8, 4) is 0 Å². The van der Waals surface area contributed by atoms with Crippen LogP contribution in [0.1, 0.15) is 6.92 Å². The molecule has 0 fully saturated rings. The van der Waals surface area contributed by atoms with Crippen molar-refractivity contribution in [1.29, 1.82) is 0 Å². The number of benzene rings is 1. The van der Waals surface area contributed by atoms with Crippen LogP contribution in [0.15, 0.2) is 29.7 Å². The number of thioether (sulfide) groups is 1. The summed E-state index contributed by atoms with van der Waals surface area (Å²) in [5.41, 5.74) is 0.446. The maximum absolute atomic E-state index is 13.0. The lowest BCUT2D eigenvalue weighted by atomic mass is 10.3. The summed E-state index contributed by atoms with van der Waals surface area (Å²) in [6.45, 7) is 1.73. The lowest BCUT2D eigenvalue weighted by molar-refractivity contribution is -0.115. The van der Waals surface area contributed by atoms with Gasteiger partial charge >= 0.3 is 0 Å². The zero-order valence-electron chi connectivity index (χ0n) is 9.85. The monoisotopic (exact) mass is 300 g/mol. The minimum atomic E-state index is -0.524. The maximum atomic E-state index is 13.0. The van der Waals surface area contributed by atoms with Gasteiger partial charge in [0, 0.05) is 5.69 Å². The highest BCUT2D eigenvalue weighted by Crippen LogP contribution is 2.22. The van der Waals surface area contributed by atoms with Crippen molar-refractivity contribution in [2.24, 2.45) is 0 Å². The Bertz CT molecular complexity index is 578. The standard InChI is InChI=1S/C11H10ClFN4OS/c1-6(19-11-14-5-15-17-11)10(18)16-7-2-3-9(13)8(12)4-7/h2-6H,1H3,(H,16,18)(H,14,15,17). The van der Waals surface area contributed by atoms with E-state index in [1.807, 2.05) is 0 Å². The Balaban J connectivity index is 1.98. The predicted octanol–water partition coefficient (Wildman–Crippen LogP) is 2.72. The van der Waals surface area contributed by atoms with E-state index >= 15 is 0 Å². The van der Waals surface area contributed by atoms with Crippen LogP contribution in [0.25, 0.3) is 0 Å². The summed E-state index contributed by atoms with van der Waals surface area (Å²) in [5, 5.41) is 9.14. The summed E-state index contributed by atoms with van der Waals surface area (Å²) in [6.07, 6.45) is 1.37. The molecule has 1 heterocycles. The maximum Gasteiger partial charge on any atom is 0.237 e. The summed E-state index contributed by atoms with van der Waals surface area (Å²) in [7, 11) is 0. The Hall–Kier alpha value is -1.60. The number of aromatic amines is 1. The highest BCUT2D eigenvalue weighted by molar-refractivity contribution is 8.00. The number of nitrogens with one attached hydrogen (secondary N) is 2. The molecule has 0 saturated heterocycles. The third-order valence-electron chi connectivity index (χ3n) is 2.24. The Labute approximate surface area is 118 Å².